The second-order valence-corrected chi connectivity index (χ2v) is 5.53. The summed E-state index contributed by atoms with van der Waals surface area (Å²) < 4.78 is 5.25. The zero-order chi connectivity index (χ0) is 14.0. The molecule has 1 amide bonds. The molecular weight excluding hydrogens is 276 g/mol. The molecule has 0 aromatic heterocycles. The highest BCUT2D eigenvalue weighted by Crippen LogP contribution is 2.39. The first-order valence-corrected chi connectivity index (χ1v) is 6.67. The van der Waals surface area contributed by atoms with Gasteiger partial charge in [-0.25, -0.2) is 0 Å². The summed E-state index contributed by atoms with van der Waals surface area (Å²) in [5.41, 5.74) is 7.15. The van der Waals surface area contributed by atoms with Crippen LogP contribution < -0.4 is 15.8 Å². The van der Waals surface area contributed by atoms with E-state index >= 15 is 0 Å². The van der Waals surface area contributed by atoms with Gasteiger partial charge < -0.3 is 15.8 Å². The van der Waals surface area contributed by atoms with Crippen molar-refractivity contribution in [3.8, 4) is 5.75 Å². The summed E-state index contributed by atoms with van der Waals surface area (Å²) in [7, 11) is 1.61. The maximum Gasteiger partial charge on any atom is 0.251 e. The molecule has 2 rings (SSSR count). The first-order valence-electron chi connectivity index (χ1n) is 6.67. The minimum atomic E-state index is -0.296. The first-order chi connectivity index (χ1) is 9.00. The smallest absolute Gasteiger partial charge is 0.251 e. The van der Waals surface area contributed by atoms with E-state index in [0.717, 1.165) is 24.2 Å². The van der Waals surface area contributed by atoms with Crippen LogP contribution in [-0.2, 0) is 0 Å². The molecule has 1 fully saturated rings. The van der Waals surface area contributed by atoms with Gasteiger partial charge in [0.1, 0.15) is 5.75 Å². The summed E-state index contributed by atoms with van der Waals surface area (Å²) in [6.45, 7) is 4.44. The minimum Gasteiger partial charge on any atom is -0.496 e. The van der Waals surface area contributed by atoms with Gasteiger partial charge in [-0.2, -0.15) is 0 Å². The average Bonchev–Trinajstić information content (AvgIpc) is 3.23. The Bertz CT molecular complexity index is 489. The summed E-state index contributed by atoms with van der Waals surface area (Å²) in [6.07, 6.45) is 2.29. The van der Waals surface area contributed by atoms with Crippen LogP contribution in [0.25, 0.3) is 0 Å². The van der Waals surface area contributed by atoms with E-state index in [4.69, 9.17) is 10.5 Å². The Kier molecular flexibility index (Phi) is 5.42. The highest BCUT2D eigenvalue weighted by atomic mass is 35.5. The van der Waals surface area contributed by atoms with E-state index in [1.54, 1.807) is 13.2 Å². The molecule has 1 unspecified atom stereocenters. The predicted octanol–water partition coefficient (Wildman–Crippen LogP) is 2.28. The fourth-order valence-electron chi connectivity index (χ4n) is 2.33. The minimum absolute atomic E-state index is 0. The van der Waals surface area contributed by atoms with Crippen LogP contribution in [0.3, 0.4) is 0 Å². The number of nitrogens with one attached hydrogen (secondary N) is 1. The van der Waals surface area contributed by atoms with Crippen LogP contribution in [0.5, 0.6) is 5.75 Å². The third-order valence-electron chi connectivity index (χ3n) is 3.97. The maximum absolute atomic E-state index is 12.3. The van der Waals surface area contributed by atoms with Crippen LogP contribution in [0.1, 0.15) is 35.7 Å². The SMILES string of the molecule is COc1cc(C(=O)NC(C)(CN)C2CC2)ccc1C.Cl. The molecule has 5 heteroatoms. The Morgan fingerprint density at radius 2 is 2.15 bits per heavy atom. The van der Waals surface area contributed by atoms with E-state index in [0.29, 0.717) is 18.0 Å². The maximum atomic E-state index is 12.3. The quantitative estimate of drug-likeness (QED) is 0.876. The van der Waals surface area contributed by atoms with Crippen molar-refractivity contribution in [1.82, 2.24) is 5.32 Å². The Morgan fingerprint density at radius 1 is 1.50 bits per heavy atom. The van der Waals surface area contributed by atoms with Crippen LogP contribution in [0.15, 0.2) is 18.2 Å². The second kappa shape index (κ2) is 6.46. The summed E-state index contributed by atoms with van der Waals surface area (Å²) in [5, 5.41) is 3.07. The van der Waals surface area contributed by atoms with Gasteiger partial charge in [0.2, 0.25) is 0 Å². The van der Waals surface area contributed by atoms with E-state index in [1.165, 1.54) is 0 Å². The number of carbonyl (C=O) groups excluding carboxylic acids is 1. The molecule has 1 aliphatic carbocycles. The molecule has 3 N–H and O–H groups in total. The average molecular weight is 299 g/mol. The van der Waals surface area contributed by atoms with E-state index in [-0.39, 0.29) is 23.9 Å². The molecule has 1 saturated carbocycles. The van der Waals surface area contributed by atoms with Crippen molar-refractivity contribution in [2.75, 3.05) is 13.7 Å². The molecule has 4 nitrogen and oxygen atoms in total. The van der Waals surface area contributed by atoms with Crippen LogP contribution in [-0.4, -0.2) is 25.1 Å². The number of halogens is 1. The largest absolute Gasteiger partial charge is 0.496 e. The molecule has 20 heavy (non-hydrogen) atoms. The van der Waals surface area contributed by atoms with Crippen molar-refractivity contribution in [2.45, 2.75) is 32.2 Å². The monoisotopic (exact) mass is 298 g/mol. The second-order valence-electron chi connectivity index (χ2n) is 5.53. The molecule has 1 aliphatic rings. The van der Waals surface area contributed by atoms with Gasteiger partial charge in [0.15, 0.2) is 0 Å². The van der Waals surface area contributed by atoms with Crippen molar-refractivity contribution < 1.29 is 9.53 Å². The van der Waals surface area contributed by atoms with Crippen molar-refractivity contribution in [3.05, 3.63) is 29.3 Å². The van der Waals surface area contributed by atoms with Gasteiger partial charge >= 0.3 is 0 Å². The molecule has 1 aromatic carbocycles. The van der Waals surface area contributed by atoms with Crippen molar-refractivity contribution in [3.63, 3.8) is 0 Å². The topological polar surface area (TPSA) is 64.3 Å². The van der Waals surface area contributed by atoms with E-state index in [2.05, 4.69) is 5.32 Å². The number of nitrogens with two attached hydrogens (primary N) is 1. The predicted molar refractivity (Wildman–Crippen MR) is 82.6 cm³/mol. The number of amides is 1. The summed E-state index contributed by atoms with van der Waals surface area (Å²) in [6, 6.07) is 5.48. The lowest BCUT2D eigenvalue weighted by Gasteiger charge is -2.29. The zero-order valence-corrected chi connectivity index (χ0v) is 13.0. The number of benzene rings is 1. The van der Waals surface area contributed by atoms with Crippen molar-refractivity contribution in [2.24, 2.45) is 11.7 Å². The molecular formula is C15H23ClN2O2. The number of ether oxygens (including phenoxy) is 1. The molecule has 112 valence electrons. The number of aryl methyl sites for hydroxylation is 1. The molecule has 1 aromatic rings. The molecule has 0 radical (unpaired) electrons. The number of hydrogen-bond donors (Lipinski definition) is 2. The van der Waals surface area contributed by atoms with Gasteiger partial charge in [-0.05, 0) is 50.3 Å². The number of methoxy groups -OCH3 is 1. The highest BCUT2D eigenvalue weighted by molar-refractivity contribution is 5.95. The zero-order valence-electron chi connectivity index (χ0n) is 12.2. The third kappa shape index (κ3) is 3.44. The van der Waals surface area contributed by atoms with Gasteiger partial charge in [0, 0.05) is 12.1 Å². The van der Waals surface area contributed by atoms with Crippen LogP contribution in [0, 0.1) is 12.8 Å². The molecule has 0 aliphatic heterocycles. The van der Waals surface area contributed by atoms with Gasteiger partial charge in [-0.15, -0.1) is 12.4 Å². The fourth-order valence-corrected chi connectivity index (χ4v) is 2.33. The normalized spacial score (nSPS) is 16.8. The lowest BCUT2D eigenvalue weighted by molar-refractivity contribution is 0.0897. The van der Waals surface area contributed by atoms with Crippen LogP contribution in [0.4, 0.5) is 0 Å². The summed E-state index contributed by atoms with van der Waals surface area (Å²) in [5.74, 6) is 1.15. The van der Waals surface area contributed by atoms with E-state index < -0.39 is 0 Å². The summed E-state index contributed by atoms with van der Waals surface area (Å²) in [4.78, 5) is 12.3. The van der Waals surface area contributed by atoms with Crippen molar-refractivity contribution >= 4 is 18.3 Å². The first kappa shape index (κ1) is 16.8. The van der Waals surface area contributed by atoms with E-state index in [1.807, 2.05) is 26.0 Å². The Hall–Kier alpha value is -1.26. The number of rotatable bonds is 5. The molecule has 0 bridgehead atoms. The van der Waals surface area contributed by atoms with E-state index in [9.17, 15) is 4.79 Å². The van der Waals surface area contributed by atoms with Crippen LogP contribution in [0.2, 0.25) is 0 Å². The van der Waals surface area contributed by atoms with Gasteiger partial charge in [-0.3, -0.25) is 4.79 Å². The lowest BCUT2D eigenvalue weighted by Crippen LogP contribution is -2.53. The highest BCUT2D eigenvalue weighted by Gasteiger charge is 2.41. The fraction of sp³-hybridized carbons (Fsp3) is 0.533. The molecule has 0 saturated heterocycles. The number of hydrogen-bond acceptors (Lipinski definition) is 3. The van der Waals surface area contributed by atoms with Gasteiger partial charge in [0.05, 0.1) is 12.6 Å². The van der Waals surface area contributed by atoms with Crippen LogP contribution >= 0.6 is 12.4 Å². The van der Waals surface area contributed by atoms with Gasteiger partial charge in [0.25, 0.3) is 5.91 Å². The number of carbonyl (C=O) groups is 1. The Labute approximate surface area is 126 Å². The third-order valence-corrected chi connectivity index (χ3v) is 3.97. The lowest BCUT2D eigenvalue weighted by atomic mass is 9.95. The molecule has 1 atom stereocenters. The molecule has 0 heterocycles. The molecule has 0 spiro atoms. The van der Waals surface area contributed by atoms with Crippen molar-refractivity contribution in [1.29, 1.82) is 0 Å². The van der Waals surface area contributed by atoms with Gasteiger partial charge in [-0.1, -0.05) is 6.07 Å². The Morgan fingerprint density at radius 3 is 2.65 bits per heavy atom. The standard InChI is InChI=1S/C15H22N2O2.ClH/c1-10-4-5-11(8-13(10)19-3)14(18)17-15(2,9-16)12-6-7-12;/h4-5,8,12H,6-7,9,16H2,1-3H3,(H,17,18);1H. The summed E-state index contributed by atoms with van der Waals surface area (Å²) >= 11 is 0. The Balaban J connectivity index is 0.00000200.